The molecule has 2 atom stereocenters. The Morgan fingerprint density at radius 2 is 1.64 bits per heavy atom. The van der Waals surface area contributed by atoms with Crippen LogP contribution in [-0.2, 0) is 27.5 Å². The molecular formula is C30H31ClFNO10S. The molecule has 0 bridgehead atoms. The number of hydrogen-bond acceptors (Lipinski definition) is 9. The lowest BCUT2D eigenvalue weighted by atomic mass is 10.0. The van der Waals surface area contributed by atoms with Gasteiger partial charge in [0.05, 0.1) is 46.8 Å². The smallest absolute Gasteiger partial charge is 0.306 e. The van der Waals surface area contributed by atoms with Gasteiger partial charge in [-0.25, -0.2) is 4.39 Å². The highest BCUT2D eigenvalue weighted by atomic mass is 35.5. The second-order valence-corrected chi connectivity index (χ2v) is 12.0. The fourth-order valence-electron chi connectivity index (χ4n) is 4.66. The van der Waals surface area contributed by atoms with Crippen LogP contribution in [0, 0.1) is 17.7 Å². The van der Waals surface area contributed by atoms with Gasteiger partial charge in [-0.1, -0.05) is 25.4 Å². The first kappa shape index (κ1) is 32.8. The highest BCUT2D eigenvalue weighted by Crippen LogP contribution is 2.43. The minimum atomic E-state index is -1.11. The number of Topliss-reactive ketones (excluding diaryl/α,β-unsaturated/α-hetero) is 1. The van der Waals surface area contributed by atoms with E-state index < -0.39 is 41.1 Å². The van der Waals surface area contributed by atoms with Crippen LogP contribution in [0.25, 0.3) is 10.1 Å². The van der Waals surface area contributed by atoms with Crippen molar-refractivity contribution >= 4 is 56.7 Å². The van der Waals surface area contributed by atoms with E-state index in [0.717, 1.165) is 16.9 Å². The summed E-state index contributed by atoms with van der Waals surface area (Å²) in [5.41, 5.74) is 1.44. The molecular weight excluding hydrogens is 621 g/mol. The number of phenols is 1. The average Bonchev–Trinajstić information content (AvgIpc) is 3.60. The van der Waals surface area contributed by atoms with Crippen molar-refractivity contribution in [3.63, 3.8) is 0 Å². The van der Waals surface area contributed by atoms with Gasteiger partial charge in [-0.05, 0) is 29.3 Å². The summed E-state index contributed by atoms with van der Waals surface area (Å²) in [6.07, 6.45) is -0.0531. The number of aromatic hydroxyl groups is 1. The lowest BCUT2D eigenvalue weighted by Crippen LogP contribution is -2.28. The molecule has 1 amide bonds. The third-order valence-electron chi connectivity index (χ3n) is 7.23. The van der Waals surface area contributed by atoms with Crippen LogP contribution in [0.15, 0.2) is 18.2 Å². The molecule has 0 fully saturated rings. The van der Waals surface area contributed by atoms with E-state index >= 15 is 0 Å². The third-order valence-corrected chi connectivity index (χ3v) is 8.81. The number of halogens is 2. The fraction of sp³-hybridized carbons (Fsp3) is 0.400. The van der Waals surface area contributed by atoms with Gasteiger partial charge in [-0.3, -0.25) is 19.2 Å². The van der Waals surface area contributed by atoms with Crippen LogP contribution >= 0.6 is 22.9 Å². The third kappa shape index (κ3) is 6.99. The molecule has 1 aliphatic heterocycles. The summed E-state index contributed by atoms with van der Waals surface area (Å²) in [4.78, 5) is 49.0. The summed E-state index contributed by atoms with van der Waals surface area (Å²) in [6, 6.07) is 4.58. The van der Waals surface area contributed by atoms with Gasteiger partial charge >= 0.3 is 11.9 Å². The number of carbonyl (C=O) groups excluding carboxylic acids is 2. The minimum absolute atomic E-state index is 0.0373. The van der Waals surface area contributed by atoms with E-state index in [1.54, 1.807) is 6.07 Å². The zero-order chi connectivity index (χ0) is 32.3. The summed E-state index contributed by atoms with van der Waals surface area (Å²) in [5, 5.41) is 29.1. The number of thiophene rings is 1. The van der Waals surface area contributed by atoms with Crippen LogP contribution in [0.1, 0.15) is 53.9 Å². The number of benzene rings is 2. The Kier molecular flexibility index (Phi) is 10.2. The van der Waals surface area contributed by atoms with Gasteiger partial charge in [-0.15, -0.1) is 11.3 Å². The van der Waals surface area contributed by atoms with E-state index in [0.29, 0.717) is 23.1 Å². The molecule has 3 N–H and O–H groups in total. The Hall–Kier alpha value is -4.10. The first-order valence-corrected chi connectivity index (χ1v) is 14.9. The Morgan fingerprint density at radius 1 is 1.00 bits per heavy atom. The maximum Gasteiger partial charge on any atom is 0.306 e. The molecule has 2 aromatic carbocycles. The van der Waals surface area contributed by atoms with Crippen LogP contribution in [0.5, 0.6) is 23.0 Å². The summed E-state index contributed by atoms with van der Waals surface area (Å²) < 4.78 is 31.9. The number of ketones is 1. The van der Waals surface area contributed by atoms with Crippen molar-refractivity contribution in [1.82, 2.24) is 4.90 Å². The van der Waals surface area contributed by atoms with Gasteiger partial charge in [-0.2, -0.15) is 0 Å². The molecule has 0 spiro atoms. The molecule has 1 aliphatic rings. The molecule has 0 saturated carbocycles. The van der Waals surface area contributed by atoms with Gasteiger partial charge in [0.2, 0.25) is 5.91 Å². The lowest BCUT2D eigenvalue weighted by Gasteiger charge is -2.16. The Labute approximate surface area is 260 Å². The average molecular weight is 652 g/mol. The van der Waals surface area contributed by atoms with Crippen molar-refractivity contribution in [2.75, 3.05) is 20.3 Å². The predicted molar refractivity (Wildman–Crippen MR) is 158 cm³/mol. The van der Waals surface area contributed by atoms with Crippen LogP contribution < -0.4 is 14.2 Å². The molecule has 0 unspecified atom stereocenters. The number of aliphatic carboxylic acids is 2. The highest BCUT2D eigenvalue weighted by Gasteiger charge is 2.30. The van der Waals surface area contributed by atoms with E-state index in [-0.39, 0.29) is 71.2 Å². The zero-order valence-electron chi connectivity index (χ0n) is 24.1. The van der Waals surface area contributed by atoms with Crippen molar-refractivity contribution in [2.45, 2.75) is 46.2 Å². The van der Waals surface area contributed by atoms with E-state index in [1.807, 2.05) is 0 Å². The van der Waals surface area contributed by atoms with Crippen LogP contribution in [0.4, 0.5) is 4.39 Å². The summed E-state index contributed by atoms with van der Waals surface area (Å²) in [6.45, 7) is 3.51. The summed E-state index contributed by atoms with van der Waals surface area (Å²) in [7, 11) is 1.43. The standard InChI is InChI=1S/C30H31ClFNO10S/c1-14(29(37)38)7-19(34)22-11-16-9-20(26(36)25(32)28(16)44-22)42-5-4-6-43-21-10-17-12-33(23(35)8-15(2)30(39)40)13-18(17)24(31)27(21)41-3/h9-11,14-15,36H,4-8,12-13H2,1-3H3,(H,37,38)(H,39,40)/t14-,15-/m0/s1. The molecule has 14 heteroatoms. The first-order chi connectivity index (χ1) is 20.8. The number of amides is 1. The van der Waals surface area contributed by atoms with Gasteiger partial charge in [0.15, 0.2) is 34.6 Å². The topological polar surface area (TPSA) is 160 Å². The highest BCUT2D eigenvalue weighted by molar-refractivity contribution is 7.20. The lowest BCUT2D eigenvalue weighted by molar-refractivity contribution is -0.145. The van der Waals surface area contributed by atoms with E-state index in [9.17, 15) is 28.7 Å². The fourth-order valence-corrected chi connectivity index (χ4v) is 6.04. The number of carboxylic acid groups (broad SMARTS) is 2. The molecule has 2 heterocycles. The second kappa shape index (κ2) is 13.7. The van der Waals surface area contributed by atoms with E-state index in [4.69, 9.17) is 36.0 Å². The number of ether oxygens (including phenoxy) is 3. The zero-order valence-corrected chi connectivity index (χ0v) is 25.7. The largest absolute Gasteiger partial charge is 0.502 e. The normalized spacial score (nSPS) is 13.8. The van der Waals surface area contributed by atoms with Gasteiger partial charge in [0, 0.05) is 37.7 Å². The SMILES string of the molecule is COc1c(OCCCOc2cc3cc(C(=O)C[C@H](C)C(=O)O)sc3c(F)c2O)cc2c(c1Cl)CN(C(=O)C[C@H](C)C(=O)O)C2. The maximum atomic E-state index is 14.9. The van der Waals surface area contributed by atoms with E-state index in [1.165, 1.54) is 38.0 Å². The Morgan fingerprint density at radius 3 is 2.27 bits per heavy atom. The maximum absolute atomic E-state index is 14.9. The van der Waals surface area contributed by atoms with Crippen molar-refractivity contribution in [3.05, 3.63) is 45.0 Å². The molecule has 44 heavy (non-hydrogen) atoms. The van der Waals surface area contributed by atoms with Crippen LogP contribution in [0.2, 0.25) is 5.02 Å². The number of fused-ring (bicyclic) bond motifs is 2. The number of carbonyl (C=O) groups is 4. The first-order valence-electron chi connectivity index (χ1n) is 13.7. The number of hydrogen-bond donors (Lipinski definition) is 3. The number of phenolic OH excluding ortho intramolecular Hbond substituents is 1. The monoisotopic (exact) mass is 651 g/mol. The van der Waals surface area contributed by atoms with Gasteiger partial charge in [0.25, 0.3) is 0 Å². The molecule has 11 nitrogen and oxygen atoms in total. The van der Waals surface area contributed by atoms with Crippen LogP contribution in [0.3, 0.4) is 0 Å². The van der Waals surface area contributed by atoms with Crippen molar-refractivity contribution < 1.29 is 53.1 Å². The van der Waals surface area contributed by atoms with Gasteiger partial charge in [0.1, 0.15) is 0 Å². The molecule has 3 aromatic rings. The molecule has 1 aromatic heterocycles. The van der Waals surface area contributed by atoms with Gasteiger partial charge < -0.3 is 34.4 Å². The Bertz CT molecular complexity index is 1620. The number of nitrogens with zero attached hydrogens (tertiary/aromatic N) is 1. The predicted octanol–water partition coefficient (Wildman–Crippen LogP) is 5.50. The molecule has 0 radical (unpaired) electrons. The number of methoxy groups -OCH3 is 1. The van der Waals surface area contributed by atoms with Crippen molar-refractivity contribution in [3.8, 4) is 23.0 Å². The molecule has 4 rings (SSSR count). The molecule has 236 valence electrons. The number of carboxylic acids is 2. The molecule has 0 saturated heterocycles. The Balaban J connectivity index is 1.37. The van der Waals surface area contributed by atoms with Crippen LogP contribution in [-0.4, -0.2) is 64.2 Å². The second-order valence-electron chi connectivity index (χ2n) is 10.5. The quantitative estimate of drug-likeness (QED) is 0.150. The number of rotatable bonds is 14. The summed E-state index contributed by atoms with van der Waals surface area (Å²) in [5.74, 6) is -5.75. The summed E-state index contributed by atoms with van der Waals surface area (Å²) >= 11 is 7.41. The minimum Gasteiger partial charge on any atom is -0.502 e. The van der Waals surface area contributed by atoms with E-state index in [2.05, 4.69) is 0 Å². The molecule has 0 aliphatic carbocycles. The van der Waals surface area contributed by atoms with Crippen molar-refractivity contribution in [2.24, 2.45) is 11.8 Å². The van der Waals surface area contributed by atoms with Crippen molar-refractivity contribution in [1.29, 1.82) is 0 Å².